The van der Waals surface area contributed by atoms with Crippen LogP contribution in [0.5, 0.6) is 0 Å². The van der Waals surface area contributed by atoms with Gasteiger partial charge in [0.25, 0.3) is 0 Å². The van der Waals surface area contributed by atoms with Gasteiger partial charge in [-0.3, -0.25) is 0 Å². The van der Waals surface area contributed by atoms with E-state index < -0.39 is 0 Å². The maximum Gasteiger partial charge on any atom is 0.0938 e. The van der Waals surface area contributed by atoms with Gasteiger partial charge in [0.2, 0.25) is 0 Å². The van der Waals surface area contributed by atoms with E-state index in [4.69, 9.17) is 4.74 Å². The first-order valence-corrected chi connectivity index (χ1v) is 3.36. The molecule has 0 amide bonds. The molecule has 2 nitrogen and oxygen atoms in total. The standard InChI is InChI=1S/C7H13NO/c1-3-7-6(2)9-5-4-8-7/h3,6,8H,4-5H2,1-2H3/b7-3+. The molecule has 1 rings (SSSR count). The molecule has 0 aromatic rings. The first-order chi connectivity index (χ1) is 4.34. The molecule has 0 aromatic heterocycles. The van der Waals surface area contributed by atoms with Crippen molar-refractivity contribution in [3.05, 3.63) is 11.8 Å². The van der Waals surface area contributed by atoms with Crippen molar-refractivity contribution in [2.45, 2.75) is 20.0 Å². The molecule has 1 N–H and O–H groups in total. The number of hydrogen-bond donors (Lipinski definition) is 1. The van der Waals surface area contributed by atoms with Gasteiger partial charge in [-0.2, -0.15) is 0 Å². The summed E-state index contributed by atoms with van der Waals surface area (Å²) in [5.41, 5.74) is 1.21. The van der Waals surface area contributed by atoms with Gasteiger partial charge in [-0.15, -0.1) is 0 Å². The zero-order chi connectivity index (χ0) is 6.69. The fraction of sp³-hybridized carbons (Fsp3) is 0.714. The highest BCUT2D eigenvalue weighted by Crippen LogP contribution is 2.05. The number of morpholine rings is 1. The van der Waals surface area contributed by atoms with Crippen LogP contribution in [-0.2, 0) is 4.74 Å². The smallest absolute Gasteiger partial charge is 0.0938 e. The summed E-state index contributed by atoms with van der Waals surface area (Å²) in [6.45, 7) is 5.86. The molecule has 0 aliphatic carbocycles. The van der Waals surface area contributed by atoms with E-state index in [1.165, 1.54) is 5.70 Å². The Morgan fingerprint density at radius 1 is 1.78 bits per heavy atom. The minimum absolute atomic E-state index is 0.267. The minimum atomic E-state index is 0.267. The molecule has 9 heavy (non-hydrogen) atoms. The lowest BCUT2D eigenvalue weighted by Gasteiger charge is -2.23. The highest BCUT2D eigenvalue weighted by Gasteiger charge is 2.11. The topological polar surface area (TPSA) is 21.3 Å². The predicted octanol–water partition coefficient (Wildman–Crippen LogP) is 0.899. The van der Waals surface area contributed by atoms with Gasteiger partial charge < -0.3 is 10.1 Å². The van der Waals surface area contributed by atoms with Gasteiger partial charge in [0.15, 0.2) is 0 Å². The summed E-state index contributed by atoms with van der Waals surface area (Å²) in [5, 5.41) is 3.25. The molecule has 0 saturated carbocycles. The summed E-state index contributed by atoms with van der Waals surface area (Å²) in [7, 11) is 0. The Morgan fingerprint density at radius 2 is 2.56 bits per heavy atom. The van der Waals surface area contributed by atoms with Crippen molar-refractivity contribution in [2.24, 2.45) is 0 Å². The van der Waals surface area contributed by atoms with Crippen molar-refractivity contribution in [1.82, 2.24) is 5.32 Å². The summed E-state index contributed by atoms with van der Waals surface area (Å²) < 4.78 is 5.35. The Balaban J connectivity index is 2.49. The number of rotatable bonds is 0. The molecule has 1 aliphatic rings. The zero-order valence-electron chi connectivity index (χ0n) is 5.98. The highest BCUT2D eigenvalue weighted by molar-refractivity contribution is 5.04. The van der Waals surface area contributed by atoms with E-state index in [2.05, 4.69) is 18.3 Å². The molecule has 0 bridgehead atoms. The van der Waals surface area contributed by atoms with E-state index in [0.29, 0.717) is 0 Å². The lowest BCUT2D eigenvalue weighted by Crippen LogP contribution is -2.34. The van der Waals surface area contributed by atoms with Gasteiger partial charge in [0.05, 0.1) is 12.7 Å². The van der Waals surface area contributed by atoms with Crippen LogP contribution in [0.15, 0.2) is 11.8 Å². The molecule has 1 atom stereocenters. The minimum Gasteiger partial charge on any atom is -0.384 e. The molecule has 0 aromatic carbocycles. The Morgan fingerprint density at radius 3 is 3.00 bits per heavy atom. The van der Waals surface area contributed by atoms with Crippen molar-refractivity contribution in [3.8, 4) is 0 Å². The molecule has 1 heterocycles. The Bertz CT molecular complexity index is 120. The SMILES string of the molecule is C/C=C1/NCCOC1C. The van der Waals surface area contributed by atoms with E-state index in [1.807, 2.05) is 6.92 Å². The number of ether oxygens (including phenoxy) is 1. The largest absolute Gasteiger partial charge is 0.384 e. The fourth-order valence-corrected chi connectivity index (χ4v) is 1.00. The summed E-state index contributed by atoms with van der Waals surface area (Å²) in [4.78, 5) is 0. The third kappa shape index (κ3) is 1.45. The van der Waals surface area contributed by atoms with Gasteiger partial charge in [-0.05, 0) is 13.8 Å². The van der Waals surface area contributed by atoms with E-state index in [-0.39, 0.29) is 6.10 Å². The second-order valence-electron chi connectivity index (χ2n) is 2.18. The average Bonchev–Trinajstić information content (AvgIpc) is 1.89. The van der Waals surface area contributed by atoms with Crippen molar-refractivity contribution < 1.29 is 4.74 Å². The Hall–Kier alpha value is -0.500. The maximum absolute atomic E-state index is 5.35. The number of allylic oxidation sites excluding steroid dienone is 1. The highest BCUT2D eigenvalue weighted by atomic mass is 16.5. The molecule has 1 saturated heterocycles. The Kier molecular flexibility index (Phi) is 2.11. The molecule has 52 valence electrons. The average molecular weight is 127 g/mol. The van der Waals surface area contributed by atoms with E-state index >= 15 is 0 Å². The van der Waals surface area contributed by atoms with E-state index in [1.54, 1.807) is 0 Å². The normalized spacial score (nSPS) is 32.2. The van der Waals surface area contributed by atoms with Crippen LogP contribution in [0.4, 0.5) is 0 Å². The third-order valence-electron chi connectivity index (χ3n) is 1.55. The molecule has 0 spiro atoms. The number of nitrogens with one attached hydrogen (secondary N) is 1. The van der Waals surface area contributed by atoms with E-state index in [9.17, 15) is 0 Å². The van der Waals surface area contributed by atoms with Gasteiger partial charge in [0.1, 0.15) is 0 Å². The summed E-state index contributed by atoms with van der Waals surface area (Å²) in [6, 6.07) is 0. The zero-order valence-corrected chi connectivity index (χ0v) is 5.98. The maximum atomic E-state index is 5.35. The molecule has 1 unspecified atom stereocenters. The predicted molar refractivity (Wildman–Crippen MR) is 37.2 cm³/mol. The Labute approximate surface area is 55.9 Å². The van der Waals surface area contributed by atoms with Crippen LogP contribution < -0.4 is 5.32 Å². The molecular weight excluding hydrogens is 114 g/mol. The summed E-state index contributed by atoms with van der Waals surface area (Å²) in [6.07, 6.45) is 2.33. The summed E-state index contributed by atoms with van der Waals surface area (Å²) >= 11 is 0. The molecule has 2 heteroatoms. The van der Waals surface area contributed by atoms with Crippen molar-refractivity contribution in [2.75, 3.05) is 13.2 Å². The summed E-state index contributed by atoms with van der Waals surface area (Å²) in [5.74, 6) is 0. The lowest BCUT2D eigenvalue weighted by molar-refractivity contribution is 0.0658. The van der Waals surface area contributed by atoms with Crippen LogP contribution in [0.25, 0.3) is 0 Å². The van der Waals surface area contributed by atoms with Crippen LogP contribution in [0.1, 0.15) is 13.8 Å². The van der Waals surface area contributed by atoms with Gasteiger partial charge in [-0.1, -0.05) is 6.08 Å². The lowest BCUT2D eigenvalue weighted by atomic mass is 10.2. The van der Waals surface area contributed by atoms with Gasteiger partial charge in [0, 0.05) is 12.2 Å². The van der Waals surface area contributed by atoms with Crippen LogP contribution in [-0.4, -0.2) is 19.3 Å². The second-order valence-corrected chi connectivity index (χ2v) is 2.18. The van der Waals surface area contributed by atoms with Crippen LogP contribution in [0.3, 0.4) is 0 Å². The number of hydrogen-bond acceptors (Lipinski definition) is 2. The van der Waals surface area contributed by atoms with Crippen molar-refractivity contribution in [3.63, 3.8) is 0 Å². The first kappa shape index (κ1) is 6.62. The monoisotopic (exact) mass is 127 g/mol. The van der Waals surface area contributed by atoms with Crippen molar-refractivity contribution in [1.29, 1.82) is 0 Å². The van der Waals surface area contributed by atoms with E-state index in [0.717, 1.165) is 13.2 Å². The van der Waals surface area contributed by atoms with Crippen LogP contribution in [0.2, 0.25) is 0 Å². The van der Waals surface area contributed by atoms with Crippen LogP contribution in [0, 0.1) is 0 Å². The third-order valence-corrected chi connectivity index (χ3v) is 1.55. The first-order valence-electron chi connectivity index (χ1n) is 3.36. The molecular formula is C7H13NO. The molecule has 1 fully saturated rings. The van der Waals surface area contributed by atoms with Crippen LogP contribution >= 0.6 is 0 Å². The quantitative estimate of drug-likeness (QED) is 0.522. The van der Waals surface area contributed by atoms with Gasteiger partial charge >= 0.3 is 0 Å². The van der Waals surface area contributed by atoms with Gasteiger partial charge in [-0.25, -0.2) is 0 Å². The molecule has 0 radical (unpaired) electrons. The molecule has 1 aliphatic heterocycles. The second kappa shape index (κ2) is 2.87. The van der Waals surface area contributed by atoms with Crippen molar-refractivity contribution >= 4 is 0 Å². The fourth-order valence-electron chi connectivity index (χ4n) is 1.00.